The molecule has 0 radical (unpaired) electrons. The maximum atomic E-state index is 9.11. The molecule has 2 atom stereocenters. The predicted molar refractivity (Wildman–Crippen MR) is 63.4 cm³/mol. The average molecular weight is 200 g/mol. The van der Waals surface area contributed by atoms with Gasteiger partial charge in [0.25, 0.3) is 0 Å². The summed E-state index contributed by atoms with van der Waals surface area (Å²) in [6.45, 7) is 8.79. The molecule has 1 N–H and O–H groups in total. The summed E-state index contributed by atoms with van der Waals surface area (Å²) in [5.74, 6) is 1.69. The van der Waals surface area contributed by atoms with E-state index in [1.807, 2.05) is 6.92 Å². The van der Waals surface area contributed by atoms with Gasteiger partial charge in [-0.15, -0.1) is 0 Å². The predicted octanol–water partition coefficient (Wildman–Crippen LogP) is 4.00. The van der Waals surface area contributed by atoms with Gasteiger partial charge >= 0.3 is 0 Å². The van der Waals surface area contributed by atoms with Crippen LogP contribution in [0.4, 0.5) is 0 Å². The second-order valence-electron chi connectivity index (χ2n) is 5.21. The van der Waals surface area contributed by atoms with Crippen molar-refractivity contribution in [3.05, 3.63) is 0 Å². The van der Waals surface area contributed by atoms with Crippen LogP contribution in [0.2, 0.25) is 0 Å². The molecule has 0 bridgehead atoms. The molecule has 1 heteroatoms. The van der Waals surface area contributed by atoms with Crippen LogP contribution in [-0.4, -0.2) is 11.2 Å². The second-order valence-corrected chi connectivity index (χ2v) is 5.21. The van der Waals surface area contributed by atoms with Crippen LogP contribution in [0.25, 0.3) is 0 Å². The monoisotopic (exact) mass is 200 g/mol. The van der Waals surface area contributed by atoms with Crippen LogP contribution >= 0.6 is 0 Å². The van der Waals surface area contributed by atoms with Crippen molar-refractivity contribution in [1.29, 1.82) is 0 Å². The summed E-state index contributed by atoms with van der Waals surface area (Å²) in [7, 11) is 0. The lowest BCUT2D eigenvalue weighted by Crippen LogP contribution is -2.02. The Morgan fingerprint density at radius 2 is 1.29 bits per heavy atom. The van der Waals surface area contributed by atoms with Crippen LogP contribution in [0.15, 0.2) is 0 Å². The second kappa shape index (κ2) is 8.28. The Bertz CT molecular complexity index is 104. The van der Waals surface area contributed by atoms with E-state index in [1.54, 1.807) is 0 Å². The minimum absolute atomic E-state index is 0.113. The number of hydrogen-bond acceptors (Lipinski definition) is 1. The van der Waals surface area contributed by atoms with Crippen LogP contribution < -0.4 is 0 Å². The zero-order valence-corrected chi connectivity index (χ0v) is 10.4. The van der Waals surface area contributed by atoms with Gasteiger partial charge in [-0.2, -0.15) is 0 Å². The molecule has 0 heterocycles. The zero-order valence-electron chi connectivity index (χ0n) is 10.4. The quantitative estimate of drug-likeness (QED) is 0.628. The van der Waals surface area contributed by atoms with Crippen molar-refractivity contribution >= 4 is 0 Å². The fourth-order valence-corrected chi connectivity index (χ4v) is 1.78. The molecule has 0 amide bonds. The van der Waals surface area contributed by atoms with Gasteiger partial charge in [-0.25, -0.2) is 0 Å². The number of aliphatic hydroxyl groups excluding tert-OH is 1. The van der Waals surface area contributed by atoms with E-state index in [0.29, 0.717) is 0 Å². The van der Waals surface area contributed by atoms with E-state index in [9.17, 15) is 0 Å². The Labute approximate surface area is 89.9 Å². The van der Waals surface area contributed by atoms with Crippen molar-refractivity contribution in [3.63, 3.8) is 0 Å². The Kier molecular flexibility index (Phi) is 8.26. The molecule has 0 aromatic rings. The third-order valence-corrected chi connectivity index (χ3v) is 2.80. The average Bonchev–Trinajstić information content (AvgIpc) is 2.02. The minimum Gasteiger partial charge on any atom is -0.393 e. The number of aliphatic hydroxyl groups is 1. The molecule has 0 aliphatic rings. The lowest BCUT2D eigenvalue weighted by atomic mass is 9.95. The van der Waals surface area contributed by atoms with Gasteiger partial charge in [0.05, 0.1) is 6.10 Å². The molecule has 0 rings (SSSR count). The topological polar surface area (TPSA) is 20.2 Å². The van der Waals surface area contributed by atoms with E-state index >= 15 is 0 Å². The van der Waals surface area contributed by atoms with E-state index in [1.165, 1.54) is 32.1 Å². The first kappa shape index (κ1) is 14.0. The fraction of sp³-hybridized carbons (Fsp3) is 1.00. The summed E-state index contributed by atoms with van der Waals surface area (Å²) in [6.07, 6.45) is 7.41. The Balaban J connectivity index is 3.23. The van der Waals surface area contributed by atoms with E-state index < -0.39 is 0 Å². The molecular formula is C13H28O. The van der Waals surface area contributed by atoms with Crippen molar-refractivity contribution in [2.24, 2.45) is 11.8 Å². The highest BCUT2D eigenvalue weighted by Gasteiger charge is 2.04. The largest absolute Gasteiger partial charge is 0.393 e. The highest BCUT2D eigenvalue weighted by atomic mass is 16.3. The summed E-state index contributed by atoms with van der Waals surface area (Å²) >= 11 is 0. The molecule has 0 aromatic carbocycles. The molecule has 86 valence electrons. The van der Waals surface area contributed by atoms with Crippen LogP contribution in [0, 0.1) is 11.8 Å². The molecule has 0 aliphatic heterocycles. The van der Waals surface area contributed by atoms with Gasteiger partial charge in [0.2, 0.25) is 0 Å². The first-order valence-corrected chi connectivity index (χ1v) is 6.20. The van der Waals surface area contributed by atoms with E-state index in [0.717, 1.165) is 18.3 Å². The molecule has 1 nitrogen and oxygen atoms in total. The molecule has 0 spiro atoms. The summed E-state index contributed by atoms with van der Waals surface area (Å²) in [6, 6.07) is 0. The van der Waals surface area contributed by atoms with Gasteiger partial charge in [-0.3, -0.25) is 0 Å². The third-order valence-electron chi connectivity index (χ3n) is 2.80. The van der Waals surface area contributed by atoms with Crippen molar-refractivity contribution in [3.8, 4) is 0 Å². The van der Waals surface area contributed by atoms with E-state index in [-0.39, 0.29) is 6.10 Å². The third kappa shape index (κ3) is 10.0. The van der Waals surface area contributed by atoms with Crippen molar-refractivity contribution in [1.82, 2.24) is 0 Å². The van der Waals surface area contributed by atoms with Gasteiger partial charge in [-0.05, 0) is 25.2 Å². The standard InChI is InChI=1S/C13H28O/c1-11(2)7-5-8-12(3)9-6-10-13(4)14/h11-14H,5-10H2,1-4H3/t12?,13-/m1/s1. The zero-order chi connectivity index (χ0) is 11.0. The maximum Gasteiger partial charge on any atom is 0.0512 e. The van der Waals surface area contributed by atoms with Crippen LogP contribution in [-0.2, 0) is 0 Å². The molecule has 0 fully saturated rings. The molecule has 1 unspecified atom stereocenters. The van der Waals surface area contributed by atoms with Crippen molar-refractivity contribution in [2.45, 2.75) is 72.3 Å². The first-order valence-electron chi connectivity index (χ1n) is 6.20. The Hall–Kier alpha value is -0.0400. The van der Waals surface area contributed by atoms with Gasteiger partial charge in [0.15, 0.2) is 0 Å². The van der Waals surface area contributed by atoms with E-state index in [2.05, 4.69) is 20.8 Å². The Morgan fingerprint density at radius 1 is 0.786 bits per heavy atom. The Morgan fingerprint density at radius 3 is 1.71 bits per heavy atom. The molecule has 0 saturated carbocycles. The molecule has 0 saturated heterocycles. The van der Waals surface area contributed by atoms with Gasteiger partial charge < -0.3 is 5.11 Å². The van der Waals surface area contributed by atoms with Crippen molar-refractivity contribution < 1.29 is 5.11 Å². The molecule has 0 aromatic heterocycles. The number of rotatable bonds is 8. The highest BCUT2D eigenvalue weighted by molar-refractivity contribution is 4.57. The number of hydrogen-bond donors (Lipinski definition) is 1. The van der Waals surface area contributed by atoms with Crippen LogP contribution in [0.3, 0.4) is 0 Å². The summed E-state index contributed by atoms with van der Waals surface area (Å²) in [5.41, 5.74) is 0. The summed E-state index contributed by atoms with van der Waals surface area (Å²) < 4.78 is 0. The molecule has 14 heavy (non-hydrogen) atoms. The lowest BCUT2D eigenvalue weighted by Gasteiger charge is -2.12. The van der Waals surface area contributed by atoms with Crippen LogP contribution in [0.5, 0.6) is 0 Å². The van der Waals surface area contributed by atoms with Crippen LogP contribution in [0.1, 0.15) is 66.2 Å². The van der Waals surface area contributed by atoms with Gasteiger partial charge in [-0.1, -0.05) is 52.9 Å². The van der Waals surface area contributed by atoms with Crippen molar-refractivity contribution in [2.75, 3.05) is 0 Å². The van der Waals surface area contributed by atoms with Gasteiger partial charge in [0, 0.05) is 0 Å². The highest BCUT2D eigenvalue weighted by Crippen LogP contribution is 2.17. The first-order chi connectivity index (χ1) is 6.52. The molecular weight excluding hydrogens is 172 g/mol. The maximum absolute atomic E-state index is 9.11. The minimum atomic E-state index is -0.113. The van der Waals surface area contributed by atoms with E-state index in [4.69, 9.17) is 5.11 Å². The van der Waals surface area contributed by atoms with Gasteiger partial charge in [0.1, 0.15) is 0 Å². The lowest BCUT2D eigenvalue weighted by molar-refractivity contribution is 0.178. The summed E-state index contributed by atoms with van der Waals surface area (Å²) in [4.78, 5) is 0. The normalized spacial score (nSPS) is 15.9. The summed E-state index contributed by atoms with van der Waals surface area (Å²) in [5, 5.41) is 9.11. The SMILES string of the molecule is CC(C)CCCC(C)CCC[C@@H](C)O. The fourth-order valence-electron chi connectivity index (χ4n) is 1.78. The molecule has 0 aliphatic carbocycles. The smallest absolute Gasteiger partial charge is 0.0512 e.